The van der Waals surface area contributed by atoms with Crippen molar-refractivity contribution in [3.8, 4) is 0 Å². The third kappa shape index (κ3) is 5.09. The summed E-state index contributed by atoms with van der Waals surface area (Å²) >= 11 is 0. The van der Waals surface area contributed by atoms with Crippen molar-refractivity contribution < 1.29 is 14.3 Å². The summed E-state index contributed by atoms with van der Waals surface area (Å²) < 4.78 is 13.0. The average molecular weight is 337 g/mol. The molecule has 0 bridgehead atoms. The fraction of sp³-hybridized carbons (Fsp3) is 0.611. The lowest BCUT2D eigenvalue weighted by atomic mass is 9.95. The van der Waals surface area contributed by atoms with Crippen molar-refractivity contribution in [2.75, 3.05) is 31.1 Å². The molecule has 2 rings (SSSR count). The second-order valence-electron chi connectivity index (χ2n) is 6.80. The largest absolute Gasteiger partial charge is 0.396 e. The summed E-state index contributed by atoms with van der Waals surface area (Å²) in [5.41, 5.74) is 0.638. The minimum absolute atomic E-state index is 0.0554. The molecule has 6 heteroatoms. The van der Waals surface area contributed by atoms with E-state index in [2.05, 4.69) is 15.5 Å². The summed E-state index contributed by atoms with van der Waals surface area (Å²) in [4.78, 5) is 14.3. The first-order chi connectivity index (χ1) is 11.5. The number of urea groups is 1. The third-order valence-electron chi connectivity index (χ3n) is 4.89. The number of hydrogen-bond acceptors (Lipinski definition) is 3. The molecule has 24 heavy (non-hydrogen) atoms. The van der Waals surface area contributed by atoms with E-state index in [9.17, 15) is 9.18 Å². The Hall–Kier alpha value is -1.82. The summed E-state index contributed by atoms with van der Waals surface area (Å²) in [5, 5.41) is 15.0. The van der Waals surface area contributed by atoms with Gasteiger partial charge < -0.3 is 20.6 Å². The standard InChI is InChI=1S/C18H28FN3O2/c1-3-18(2,9-11-23)21-17(24)20-12-14-8-10-22(13-14)16-6-4-15(19)5-7-16/h4-7,14,23H,3,8-13H2,1-2H3,(H2,20,21,24). The number of hydrogen-bond donors (Lipinski definition) is 3. The van der Waals surface area contributed by atoms with E-state index in [1.165, 1.54) is 12.1 Å². The quantitative estimate of drug-likeness (QED) is 0.716. The lowest BCUT2D eigenvalue weighted by Gasteiger charge is -2.29. The number of nitrogens with zero attached hydrogens (tertiary/aromatic N) is 1. The number of carbonyl (C=O) groups is 1. The van der Waals surface area contributed by atoms with Crippen LogP contribution in [-0.2, 0) is 0 Å². The summed E-state index contributed by atoms with van der Waals surface area (Å²) in [7, 11) is 0. The van der Waals surface area contributed by atoms with Gasteiger partial charge in [-0.15, -0.1) is 0 Å². The van der Waals surface area contributed by atoms with Crippen LogP contribution in [0, 0.1) is 11.7 Å². The molecule has 1 aromatic carbocycles. The molecule has 2 amide bonds. The van der Waals surface area contributed by atoms with Gasteiger partial charge in [-0.3, -0.25) is 0 Å². The molecule has 1 saturated heterocycles. The van der Waals surface area contributed by atoms with Crippen LogP contribution in [0.25, 0.3) is 0 Å². The highest BCUT2D eigenvalue weighted by atomic mass is 19.1. The van der Waals surface area contributed by atoms with Crippen LogP contribution in [0.5, 0.6) is 0 Å². The molecule has 1 aromatic rings. The second-order valence-corrected chi connectivity index (χ2v) is 6.80. The molecule has 1 aliphatic heterocycles. The molecule has 5 nitrogen and oxygen atoms in total. The average Bonchev–Trinajstić information content (AvgIpc) is 3.03. The monoisotopic (exact) mass is 337 g/mol. The van der Waals surface area contributed by atoms with Gasteiger partial charge in [-0.2, -0.15) is 0 Å². The highest BCUT2D eigenvalue weighted by Gasteiger charge is 2.26. The van der Waals surface area contributed by atoms with Gasteiger partial charge in [0.2, 0.25) is 0 Å². The Morgan fingerprint density at radius 1 is 1.42 bits per heavy atom. The lowest BCUT2D eigenvalue weighted by molar-refractivity contribution is 0.200. The molecule has 0 aromatic heterocycles. The molecular formula is C18H28FN3O2. The van der Waals surface area contributed by atoms with E-state index in [1.54, 1.807) is 12.1 Å². The number of amides is 2. The normalized spacial score (nSPS) is 19.8. The van der Waals surface area contributed by atoms with Crippen molar-refractivity contribution in [3.63, 3.8) is 0 Å². The Kier molecular flexibility index (Phi) is 6.43. The number of aliphatic hydroxyl groups is 1. The Morgan fingerprint density at radius 3 is 2.75 bits per heavy atom. The molecule has 1 fully saturated rings. The number of anilines is 1. The van der Waals surface area contributed by atoms with E-state index in [1.807, 2.05) is 13.8 Å². The number of rotatable bonds is 7. The summed E-state index contributed by atoms with van der Waals surface area (Å²) in [5.74, 6) is 0.154. The fourth-order valence-corrected chi connectivity index (χ4v) is 3.02. The van der Waals surface area contributed by atoms with Gasteiger partial charge in [0.05, 0.1) is 0 Å². The zero-order chi connectivity index (χ0) is 17.6. The van der Waals surface area contributed by atoms with E-state index < -0.39 is 0 Å². The molecule has 0 radical (unpaired) electrons. The SMILES string of the molecule is CCC(C)(CCO)NC(=O)NCC1CCN(c2ccc(F)cc2)C1. The lowest BCUT2D eigenvalue weighted by Crippen LogP contribution is -2.51. The van der Waals surface area contributed by atoms with Gasteiger partial charge >= 0.3 is 6.03 Å². The summed E-state index contributed by atoms with van der Waals surface area (Å²) in [6.45, 7) is 6.37. The van der Waals surface area contributed by atoms with Gasteiger partial charge in [0.25, 0.3) is 0 Å². The number of aliphatic hydroxyl groups excluding tert-OH is 1. The van der Waals surface area contributed by atoms with Crippen molar-refractivity contribution in [1.82, 2.24) is 10.6 Å². The van der Waals surface area contributed by atoms with Crippen LogP contribution in [0.2, 0.25) is 0 Å². The number of carbonyl (C=O) groups excluding carboxylic acids is 1. The second kappa shape index (κ2) is 8.33. The van der Waals surface area contributed by atoms with Gasteiger partial charge in [-0.05, 0) is 56.4 Å². The first-order valence-electron chi connectivity index (χ1n) is 8.63. The first kappa shape index (κ1) is 18.5. The first-order valence-corrected chi connectivity index (χ1v) is 8.63. The van der Waals surface area contributed by atoms with Crippen molar-refractivity contribution in [2.45, 2.75) is 38.6 Å². The minimum atomic E-state index is -0.380. The van der Waals surface area contributed by atoms with Crippen molar-refractivity contribution in [3.05, 3.63) is 30.1 Å². The predicted molar refractivity (Wildman–Crippen MR) is 93.7 cm³/mol. The maximum Gasteiger partial charge on any atom is 0.315 e. The number of benzene rings is 1. The highest BCUT2D eigenvalue weighted by Crippen LogP contribution is 2.23. The smallest absolute Gasteiger partial charge is 0.315 e. The Morgan fingerprint density at radius 2 is 2.12 bits per heavy atom. The van der Waals surface area contributed by atoms with E-state index in [0.29, 0.717) is 18.9 Å². The molecular weight excluding hydrogens is 309 g/mol. The molecule has 2 atom stereocenters. The van der Waals surface area contributed by atoms with Crippen molar-refractivity contribution in [1.29, 1.82) is 0 Å². The van der Waals surface area contributed by atoms with E-state index in [-0.39, 0.29) is 24.0 Å². The van der Waals surface area contributed by atoms with Crippen LogP contribution < -0.4 is 15.5 Å². The van der Waals surface area contributed by atoms with Gasteiger partial charge in [0.15, 0.2) is 0 Å². The summed E-state index contributed by atoms with van der Waals surface area (Å²) in [6, 6.07) is 6.34. The van der Waals surface area contributed by atoms with Gasteiger partial charge in [0, 0.05) is 37.5 Å². The van der Waals surface area contributed by atoms with Crippen LogP contribution in [-0.4, -0.2) is 42.9 Å². The maximum atomic E-state index is 13.0. The van der Waals surface area contributed by atoms with Crippen LogP contribution in [0.15, 0.2) is 24.3 Å². The van der Waals surface area contributed by atoms with Crippen LogP contribution in [0.1, 0.15) is 33.1 Å². The van der Waals surface area contributed by atoms with Crippen LogP contribution in [0.4, 0.5) is 14.9 Å². The molecule has 134 valence electrons. The van der Waals surface area contributed by atoms with Gasteiger partial charge in [-0.1, -0.05) is 6.92 Å². The predicted octanol–water partition coefficient (Wildman–Crippen LogP) is 2.50. The molecule has 1 heterocycles. The molecule has 0 spiro atoms. The number of nitrogens with one attached hydrogen (secondary N) is 2. The topological polar surface area (TPSA) is 64.6 Å². The van der Waals surface area contributed by atoms with Gasteiger partial charge in [-0.25, -0.2) is 9.18 Å². The van der Waals surface area contributed by atoms with Crippen molar-refractivity contribution in [2.24, 2.45) is 5.92 Å². The maximum absolute atomic E-state index is 13.0. The summed E-state index contributed by atoms with van der Waals surface area (Å²) in [6.07, 6.45) is 2.31. The van der Waals surface area contributed by atoms with Gasteiger partial charge in [0.1, 0.15) is 5.82 Å². The Bertz CT molecular complexity index is 538. The van der Waals surface area contributed by atoms with E-state index in [0.717, 1.165) is 31.6 Å². The molecule has 2 unspecified atom stereocenters. The van der Waals surface area contributed by atoms with E-state index in [4.69, 9.17) is 5.11 Å². The van der Waals surface area contributed by atoms with E-state index >= 15 is 0 Å². The zero-order valence-corrected chi connectivity index (χ0v) is 14.5. The highest BCUT2D eigenvalue weighted by molar-refractivity contribution is 5.74. The fourth-order valence-electron chi connectivity index (χ4n) is 3.02. The third-order valence-corrected chi connectivity index (χ3v) is 4.89. The Balaban J connectivity index is 1.77. The Labute approximate surface area is 143 Å². The van der Waals surface area contributed by atoms with Crippen LogP contribution in [0.3, 0.4) is 0 Å². The zero-order valence-electron chi connectivity index (χ0n) is 14.5. The molecule has 0 aliphatic carbocycles. The molecule has 3 N–H and O–H groups in total. The van der Waals surface area contributed by atoms with Crippen molar-refractivity contribution >= 4 is 11.7 Å². The molecule has 0 saturated carbocycles. The molecule has 1 aliphatic rings. The number of halogens is 1. The minimum Gasteiger partial charge on any atom is -0.396 e. The van der Waals surface area contributed by atoms with Crippen LogP contribution >= 0.6 is 0 Å².